The van der Waals surface area contributed by atoms with Gasteiger partial charge in [0.2, 0.25) is 0 Å². The third-order valence-corrected chi connectivity index (χ3v) is 3.72. The second kappa shape index (κ2) is 7.42. The molecule has 0 unspecified atom stereocenters. The van der Waals surface area contributed by atoms with Crippen LogP contribution in [0.15, 0.2) is 30.3 Å². The first kappa shape index (κ1) is 17.9. The molecular formula is C16H13Cl2NO5. The standard InChI is InChI=1S/C16H13Cl2NO5/c1-23-13-4-3-8(16(21)22)7-12(13)19-15(20)9-5-10(17)14(24-2)11(18)6-9/h3-7H,1-2H3,(H,19,20)(H,21,22). The fourth-order valence-corrected chi connectivity index (χ4v) is 2.66. The molecule has 0 radical (unpaired) electrons. The van der Waals surface area contributed by atoms with E-state index in [4.69, 9.17) is 37.8 Å². The number of benzene rings is 2. The van der Waals surface area contributed by atoms with Crippen LogP contribution in [0.3, 0.4) is 0 Å². The van der Waals surface area contributed by atoms with Gasteiger partial charge < -0.3 is 19.9 Å². The third-order valence-electron chi connectivity index (χ3n) is 3.16. The number of rotatable bonds is 5. The molecule has 0 bridgehead atoms. The Morgan fingerprint density at radius 1 is 1.00 bits per heavy atom. The van der Waals surface area contributed by atoms with Crippen LogP contribution in [-0.2, 0) is 0 Å². The maximum absolute atomic E-state index is 12.4. The smallest absolute Gasteiger partial charge is 0.335 e. The SMILES string of the molecule is COc1ccc(C(=O)O)cc1NC(=O)c1cc(Cl)c(OC)c(Cl)c1. The van der Waals surface area contributed by atoms with Crippen LogP contribution < -0.4 is 14.8 Å². The van der Waals surface area contributed by atoms with E-state index in [0.717, 1.165) is 0 Å². The molecule has 0 aromatic heterocycles. The Kier molecular flexibility index (Phi) is 5.54. The molecule has 0 spiro atoms. The number of carboxylic acid groups (broad SMARTS) is 1. The summed E-state index contributed by atoms with van der Waals surface area (Å²) in [6.07, 6.45) is 0. The molecule has 6 nitrogen and oxygen atoms in total. The van der Waals surface area contributed by atoms with Gasteiger partial charge in [-0.25, -0.2) is 4.79 Å². The van der Waals surface area contributed by atoms with E-state index in [1.54, 1.807) is 0 Å². The molecule has 0 saturated heterocycles. The fourth-order valence-electron chi connectivity index (χ4n) is 2.02. The lowest BCUT2D eigenvalue weighted by atomic mass is 10.1. The van der Waals surface area contributed by atoms with E-state index in [9.17, 15) is 9.59 Å². The summed E-state index contributed by atoms with van der Waals surface area (Å²) in [5, 5.41) is 12.0. The molecule has 0 saturated carbocycles. The number of ether oxygens (including phenoxy) is 2. The maximum Gasteiger partial charge on any atom is 0.335 e. The molecule has 2 aromatic carbocycles. The largest absolute Gasteiger partial charge is 0.495 e. The molecule has 0 atom stereocenters. The Hall–Kier alpha value is -2.44. The molecule has 0 heterocycles. The van der Waals surface area contributed by atoms with Crippen molar-refractivity contribution in [3.8, 4) is 11.5 Å². The average Bonchev–Trinajstić information content (AvgIpc) is 2.54. The van der Waals surface area contributed by atoms with E-state index in [0.29, 0.717) is 5.75 Å². The highest BCUT2D eigenvalue weighted by Crippen LogP contribution is 2.34. The van der Waals surface area contributed by atoms with Crippen LogP contribution in [0.2, 0.25) is 10.0 Å². The summed E-state index contributed by atoms with van der Waals surface area (Å²) in [7, 11) is 2.82. The molecule has 0 aliphatic carbocycles. The van der Waals surface area contributed by atoms with Crippen LogP contribution in [0, 0.1) is 0 Å². The summed E-state index contributed by atoms with van der Waals surface area (Å²) in [6, 6.07) is 6.92. The second-order valence-electron chi connectivity index (χ2n) is 4.65. The van der Waals surface area contributed by atoms with Crippen LogP contribution in [0.5, 0.6) is 11.5 Å². The summed E-state index contributed by atoms with van der Waals surface area (Å²) in [4.78, 5) is 23.5. The lowest BCUT2D eigenvalue weighted by Crippen LogP contribution is -2.13. The van der Waals surface area contributed by atoms with Gasteiger partial charge >= 0.3 is 5.97 Å². The summed E-state index contributed by atoms with van der Waals surface area (Å²) in [5.74, 6) is -1.06. The van der Waals surface area contributed by atoms with E-state index in [-0.39, 0.29) is 32.6 Å². The topological polar surface area (TPSA) is 84.9 Å². The first-order chi connectivity index (χ1) is 11.4. The van der Waals surface area contributed by atoms with Crippen molar-refractivity contribution in [2.45, 2.75) is 0 Å². The molecule has 126 valence electrons. The Labute approximate surface area is 147 Å². The number of amides is 1. The summed E-state index contributed by atoms with van der Waals surface area (Å²) < 4.78 is 10.1. The van der Waals surface area contributed by atoms with Crippen molar-refractivity contribution in [1.29, 1.82) is 0 Å². The average molecular weight is 370 g/mol. The quantitative estimate of drug-likeness (QED) is 0.832. The van der Waals surface area contributed by atoms with Gasteiger partial charge in [0.25, 0.3) is 5.91 Å². The van der Waals surface area contributed by atoms with Gasteiger partial charge in [0, 0.05) is 5.56 Å². The minimum Gasteiger partial charge on any atom is -0.495 e. The predicted molar refractivity (Wildman–Crippen MR) is 90.9 cm³/mol. The van der Waals surface area contributed by atoms with Gasteiger partial charge in [-0.2, -0.15) is 0 Å². The first-order valence-electron chi connectivity index (χ1n) is 6.63. The van der Waals surface area contributed by atoms with Crippen molar-refractivity contribution >= 4 is 40.8 Å². The van der Waals surface area contributed by atoms with Crippen LogP contribution in [0.25, 0.3) is 0 Å². The molecule has 0 aliphatic rings. The van der Waals surface area contributed by atoms with Crippen LogP contribution in [0.1, 0.15) is 20.7 Å². The van der Waals surface area contributed by atoms with Gasteiger partial charge in [-0.15, -0.1) is 0 Å². The molecule has 2 aromatic rings. The molecular weight excluding hydrogens is 357 g/mol. The molecule has 1 amide bonds. The first-order valence-corrected chi connectivity index (χ1v) is 7.38. The van der Waals surface area contributed by atoms with Crippen molar-refractivity contribution < 1.29 is 24.2 Å². The molecule has 0 aliphatic heterocycles. The van der Waals surface area contributed by atoms with E-state index in [1.807, 2.05) is 0 Å². The summed E-state index contributed by atoms with van der Waals surface area (Å²) >= 11 is 12.0. The van der Waals surface area contributed by atoms with Crippen molar-refractivity contribution in [3.63, 3.8) is 0 Å². The van der Waals surface area contributed by atoms with E-state index in [2.05, 4.69) is 5.32 Å². The summed E-state index contributed by atoms with van der Waals surface area (Å²) in [5.41, 5.74) is 0.413. The number of aromatic carboxylic acids is 1. The number of carbonyl (C=O) groups excluding carboxylic acids is 1. The van der Waals surface area contributed by atoms with Crippen molar-refractivity contribution in [2.75, 3.05) is 19.5 Å². The number of hydrogen-bond donors (Lipinski definition) is 2. The Bertz CT molecular complexity index is 784. The second-order valence-corrected chi connectivity index (χ2v) is 5.46. The van der Waals surface area contributed by atoms with E-state index < -0.39 is 11.9 Å². The van der Waals surface area contributed by atoms with Crippen LogP contribution >= 0.6 is 23.2 Å². The normalized spacial score (nSPS) is 10.2. The van der Waals surface area contributed by atoms with Crippen molar-refractivity contribution in [2.24, 2.45) is 0 Å². The monoisotopic (exact) mass is 369 g/mol. The lowest BCUT2D eigenvalue weighted by molar-refractivity contribution is 0.0696. The Morgan fingerprint density at radius 2 is 1.62 bits per heavy atom. The maximum atomic E-state index is 12.4. The van der Waals surface area contributed by atoms with Gasteiger partial charge in [-0.1, -0.05) is 23.2 Å². The number of methoxy groups -OCH3 is 2. The van der Waals surface area contributed by atoms with E-state index >= 15 is 0 Å². The van der Waals surface area contributed by atoms with E-state index in [1.165, 1.54) is 44.6 Å². The third kappa shape index (κ3) is 3.72. The molecule has 2 rings (SSSR count). The highest BCUT2D eigenvalue weighted by Gasteiger charge is 2.16. The predicted octanol–water partition coefficient (Wildman–Crippen LogP) is 3.96. The zero-order valence-corrected chi connectivity index (χ0v) is 14.2. The van der Waals surface area contributed by atoms with Gasteiger partial charge in [-0.3, -0.25) is 4.79 Å². The van der Waals surface area contributed by atoms with Crippen molar-refractivity contribution in [1.82, 2.24) is 0 Å². The lowest BCUT2D eigenvalue weighted by Gasteiger charge is -2.12. The minimum absolute atomic E-state index is 0.0110. The van der Waals surface area contributed by atoms with Gasteiger partial charge in [-0.05, 0) is 30.3 Å². The molecule has 8 heteroatoms. The highest BCUT2D eigenvalue weighted by atomic mass is 35.5. The van der Waals surface area contributed by atoms with Gasteiger partial charge in [0.15, 0.2) is 5.75 Å². The number of carboxylic acids is 1. The number of anilines is 1. The Balaban J connectivity index is 2.36. The highest BCUT2D eigenvalue weighted by molar-refractivity contribution is 6.37. The zero-order chi connectivity index (χ0) is 17.9. The van der Waals surface area contributed by atoms with Crippen LogP contribution in [0.4, 0.5) is 5.69 Å². The number of carbonyl (C=O) groups is 2. The molecule has 24 heavy (non-hydrogen) atoms. The zero-order valence-electron chi connectivity index (χ0n) is 12.7. The number of halogens is 2. The van der Waals surface area contributed by atoms with Gasteiger partial charge in [0.05, 0.1) is 35.5 Å². The van der Waals surface area contributed by atoms with Crippen LogP contribution in [-0.4, -0.2) is 31.2 Å². The molecule has 2 N–H and O–H groups in total. The number of hydrogen-bond acceptors (Lipinski definition) is 4. The van der Waals surface area contributed by atoms with Crippen molar-refractivity contribution in [3.05, 3.63) is 51.5 Å². The summed E-state index contributed by atoms with van der Waals surface area (Å²) in [6.45, 7) is 0. The minimum atomic E-state index is -1.12. The molecule has 0 fully saturated rings. The van der Waals surface area contributed by atoms with Gasteiger partial charge in [0.1, 0.15) is 5.75 Å². The Morgan fingerprint density at radius 3 is 2.12 bits per heavy atom. The fraction of sp³-hybridized carbons (Fsp3) is 0.125. The number of nitrogens with one attached hydrogen (secondary N) is 1.